The van der Waals surface area contributed by atoms with Gasteiger partial charge < -0.3 is 13.6 Å². The lowest BCUT2D eigenvalue weighted by Crippen LogP contribution is -2.08. The van der Waals surface area contributed by atoms with Crippen molar-refractivity contribution in [3.63, 3.8) is 0 Å². The molecule has 8 heteroatoms. The molecule has 164 valence electrons. The lowest BCUT2D eigenvalue weighted by atomic mass is 10.1. The zero-order valence-corrected chi connectivity index (χ0v) is 17.9. The number of esters is 1. The van der Waals surface area contributed by atoms with Crippen LogP contribution in [0.25, 0.3) is 22.3 Å². The lowest BCUT2D eigenvalue weighted by molar-refractivity contribution is -0.144. The maximum absolute atomic E-state index is 13.0. The highest BCUT2D eigenvalue weighted by atomic mass is 35.5. The van der Waals surface area contributed by atoms with Crippen molar-refractivity contribution in [3.05, 3.63) is 86.9 Å². The molecular formula is C24H19ClFNO5. The first-order valence-electron chi connectivity index (χ1n) is 10.0. The number of fused-ring (bicyclic) bond motifs is 1. The molecule has 0 unspecified atom stereocenters. The van der Waals surface area contributed by atoms with Crippen LogP contribution in [0.2, 0.25) is 5.02 Å². The summed E-state index contributed by atoms with van der Waals surface area (Å²) in [7, 11) is 0. The van der Waals surface area contributed by atoms with Crippen LogP contribution in [0.1, 0.15) is 30.4 Å². The number of oxazole rings is 1. The Morgan fingerprint density at radius 3 is 2.66 bits per heavy atom. The van der Waals surface area contributed by atoms with Gasteiger partial charge in [-0.05, 0) is 48.4 Å². The summed E-state index contributed by atoms with van der Waals surface area (Å²) in [6.45, 7) is 1.86. The van der Waals surface area contributed by atoms with Gasteiger partial charge in [-0.1, -0.05) is 18.5 Å². The largest absolute Gasteiger partial charge is 0.461 e. The highest BCUT2D eigenvalue weighted by molar-refractivity contribution is 6.32. The van der Waals surface area contributed by atoms with E-state index in [2.05, 4.69) is 4.98 Å². The maximum Gasteiger partial charge on any atom is 0.336 e. The van der Waals surface area contributed by atoms with Gasteiger partial charge >= 0.3 is 11.6 Å². The van der Waals surface area contributed by atoms with E-state index >= 15 is 0 Å². The number of ether oxygens (including phenoxy) is 1. The number of halogens is 2. The number of hydrogen-bond acceptors (Lipinski definition) is 6. The Balaban J connectivity index is 1.39. The van der Waals surface area contributed by atoms with Crippen molar-refractivity contribution in [3.8, 4) is 11.3 Å². The second kappa shape index (κ2) is 9.36. The summed E-state index contributed by atoms with van der Waals surface area (Å²) >= 11 is 6.29. The molecule has 2 aromatic heterocycles. The van der Waals surface area contributed by atoms with Crippen LogP contribution in [0.15, 0.2) is 62.3 Å². The van der Waals surface area contributed by atoms with Crippen molar-refractivity contribution >= 4 is 28.5 Å². The Morgan fingerprint density at radius 1 is 1.12 bits per heavy atom. The summed E-state index contributed by atoms with van der Waals surface area (Å²) in [6, 6.07) is 10.6. The average Bonchev–Trinajstić information content (AvgIpc) is 3.25. The van der Waals surface area contributed by atoms with Crippen molar-refractivity contribution in [2.75, 3.05) is 0 Å². The Morgan fingerprint density at radius 2 is 1.91 bits per heavy atom. The number of nitrogens with zero attached hydrogens (tertiary/aromatic N) is 1. The Kier molecular flexibility index (Phi) is 6.37. The highest BCUT2D eigenvalue weighted by Gasteiger charge is 2.13. The number of carbonyl (C=O) groups excluding carboxylic acids is 1. The van der Waals surface area contributed by atoms with Gasteiger partial charge in [0.1, 0.15) is 18.0 Å². The van der Waals surface area contributed by atoms with Crippen molar-refractivity contribution < 1.29 is 22.8 Å². The molecule has 4 aromatic rings. The van der Waals surface area contributed by atoms with Gasteiger partial charge in [-0.3, -0.25) is 4.79 Å². The van der Waals surface area contributed by atoms with Crippen molar-refractivity contribution in [2.45, 2.75) is 32.8 Å². The first-order valence-corrected chi connectivity index (χ1v) is 10.4. The third-order valence-corrected chi connectivity index (χ3v) is 5.34. The fourth-order valence-corrected chi connectivity index (χ4v) is 3.59. The minimum absolute atomic E-state index is 0.0451. The van der Waals surface area contributed by atoms with E-state index in [9.17, 15) is 14.0 Å². The molecule has 0 bridgehead atoms. The summed E-state index contributed by atoms with van der Waals surface area (Å²) in [6.07, 6.45) is 2.51. The highest BCUT2D eigenvalue weighted by Crippen LogP contribution is 2.27. The van der Waals surface area contributed by atoms with E-state index in [0.717, 1.165) is 5.56 Å². The van der Waals surface area contributed by atoms with Gasteiger partial charge in [0.25, 0.3) is 0 Å². The fourth-order valence-electron chi connectivity index (χ4n) is 3.29. The smallest absolute Gasteiger partial charge is 0.336 e. The third-order valence-electron chi connectivity index (χ3n) is 4.99. The predicted molar refractivity (Wildman–Crippen MR) is 117 cm³/mol. The summed E-state index contributed by atoms with van der Waals surface area (Å²) in [4.78, 5) is 28.3. The zero-order chi connectivity index (χ0) is 22.7. The van der Waals surface area contributed by atoms with Gasteiger partial charge in [0.05, 0.1) is 12.6 Å². The van der Waals surface area contributed by atoms with Crippen LogP contribution in [-0.2, 0) is 29.0 Å². The lowest BCUT2D eigenvalue weighted by Gasteiger charge is -2.09. The molecule has 0 aliphatic rings. The number of carbonyl (C=O) groups is 1. The molecule has 2 aromatic carbocycles. The normalized spacial score (nSPS) is 11.1. The summed E-state index contributed by atoms with van der Waals surface area (Å²) in [5, 5.41) is 1.18. The summed E-state index contributed by atoms with van der Waals surface area (Å²) in [5.74, 6) is 0.0441. The van der Waals surface area contributed by atoms with Crippen LogP contribution in [0.3, 0.4) is 0 Å². The summed E-state index contributed by atoms with van der Waals surface area (Å²) in [5.41, 5.74) is 1.94. The van der Waals surface area contributed by atoms with Crippen LogP contribution in [0.4, 0.5) is 4.39 Å². The van der Waals surface area contributed by atoms with Crippen molar-refractivity contribution in [1.82, 2.24) is 4.98 Å². The van der Waals surface area contributed by atoms with Crippen LogP contribution < -0.4 is 5.63 Å². The third kappa shape index (κ3) is 4.89. The van der Waals surface area contributed by atoms with Gasteiger partial charge in [-0.2, -0.15) is 0 Å². The molecule has 2 heterocycles. The quantitative estimate of drug-likeness (QED) is 0.271. The minimum atomic E-state index is -0.527. The molecular weight excluding hydrogens is 437 g/mol. The molecule has 0 N–H and O–H groups in total. The SMILES string of the molecule is CCc1cc2oc(=O)cc(COC(=O)CCc3ncc(-c4ccc(F)cc4)o3)c2cc1Cl. The Bertz CT molecular complexity index is 1330. The molecule has 0 saturated heterocycles. The summed E-state index contributed by atoms with van der Waals surface area (Å²) < 4.78 is 29.3. The van der Waals surface area contributed by atoms with Crippen LogP contribution in [-0.4, -0.2) is 11.0 Å². The Hall–Kier alpha value is -3.45. The molecule has 6 nitrogen and oxygen atoms in total. The molecule has 0 fully saturated rings. The van der Waals surface area contributed by atoms with E-state index in [-0.39, 0.29) is 25.3 Å². The van der Waals surface area contributed by atoms with Crippen LogP contribution >= 0.6 is 11.6 Å². The van der Waals surface area contributed by atoms with Crippen LogP contribution in [0.5, 0.6) is 0 Å². The predicted octanol–water partition coefficient (Wildman–Crippen LogP) is 5.48. The monoisotopic (exact) mass is 455 g/mol. The van der Waals surface area contributed by atoms with E-state index in [1.54, 1.807) is 24.3 Å². The molecule has 0 radical (unpaired) electrons. The molecule has 0 saturated carbocycles. The fraction of sp³-hybridized carbons (Fsp3) is 0.208. The van der Waals surface area contributed by atoms with Gasteiger partial charge in [-0.25, -0.2) is 14.2 Å². The number of aryl methyl sites for hydroxylation is 2. The van der Waals surface area contributed by atoms with Gasteiger partial charge in [0, 0.05) is 34.0 Å². The molecule has 0 atom stereocenters. The van der Waals surface area contributed by atoms with E-state index in [1.165, 1.54) is 24.4 Å². The molecule has 0 aliphatic carbocycles. The topological polar surface area (TPSA) is 82.5 Å². The van der Waals surface area contributed by atoms with E-state index in [4.69, 9.17) is 25.2 Å². The molecule has 0 amide bonds. The maximum atomic E-state index is 13.0. The molecule has 32 heavy (non-hydrogen) atoms. The molecule has 0 spiro atoms. The number of aromatic nitrogens is 1. The number of hydrogen-bond donors (Lipinski definition) is 0. The first-order chi connectivity index (χ1) is 15.4. The second-order valence-electron chi connectivity index (χ2n) is 7.17. The van der Waals surface area contributed by atoms with Gasteiger partial charge in [-0.15, -0.1) is 0 Å². The Labute approximate surface area is 187 Å². The minimum Gasteiger partial charge on any atom is -0.461 e. The van der Waals surface area contributed by atoms with Gasteiger partial charge in [0.15, 0.2) is 11.7 Å². The van der Waals surface area contributed by atoms with E-state index < -0.39 is 11.6 Å². The standard InChI is InChI=1S/C24H19ClFNO5/c1-2-14-9-20-18(11-19(14)25)16(10-24(29)32-20)13-30-23(28)8-7-22-27-12-21(31-22)15-3-5-17(26)6-4-15/h3-6,9-12H,2,7-8,13H2,1H3. The van der Waals surface area contributed by atoms with Crippen LogP contribution in [0, 0.1) is 5.82 Å². The van der Waals surface area contributed by atoms with Gasteiger partial charge in [0.2, 0.25) is 0 Å². The first kappa shape index (κ1) is 21.8. The van der Waals surface area contributed by atoms with Crippen molar-refractivity contribution in [2.24, 2.45) is 0 Å². The molecule has 0 aliphatic heterocycles. The number of rotatable bonds is 7. The average molecular weight is 456 g/mol. The molecule has 4 rings (SSSR count). The number of benzene rings is 2. The van der Waals surface area contributed by atoms with E-state index in [0.29, 0.717) is 45.2 Å². The second-order valence-corrected chi connectivity index (χ2v) is 7.58. The van der Waals surface area contributed by atoms with Crippen molar-refractivity contribution in [1.29, 1.82) is 0 Å². The zero-order valence-electron chi connectivity index (χ0n) is 17.2. The van der Waals surface area contributed by atoms with E-state index in [1.807, 2.05) is 6.92 Å².